The second-order valence-corrected chi connectivity index (χ2v) is 10.8. The summed E-state index contributed by atoms with van der Waals surface area (Å²) in [7, 11) is 0. The highest BCUT2D eigenvalue weighted by Gasteiger charge is 2.37. The third kappa shape index (κ3) is 7.25. The number of benzene rings is 2. The van der Waals surface area contributed by atoms with Crippen molar-refractivity contribution in [1.82, 2.24) is 4.90 Å². The third-order valence-corrected chi connectivity index (χ3v) is 7.88. The summed E-state index contributed by atoms with van der Waals surface area (Å²) in [6.45, 7) is 4.98. The Morgan fingerprint density at radius 1 is 0.946 bits per heavy atom. The monoisotopic (exact) mass is 518 g/mol. The van der Waals surface area contributed by atoms with Gasteiger partial charge in [-0.15, -0.1) is 0 Å². The molecule has 2 heterocycles. The Labute approximate surface area is 225 Å². The summed E-state index contributed by atoms with van der Waals surface area (Å²) >= 11 is 1.75. The zero-order valence-electron chi connectivity index (χ0n) is 22.0. The minimum absolute atomic E-state index is 0.0569. The van der Waals surface area contributed by atoms with Gasteiger partial charge in [-0.25, -0.2) is 4.99 Å². The van der Waals surface area contributed by atoms with Crippen LogP contribution in [0.1, 0.15) is 76.8 Å². The Morgan fingerprint density at radius 2 is 1.65 bits per heavy atom. The summed E-state index contributed by atoms with van der Waals surface area (Å²) in [5.41, 5.74) is 3.97. The van der Waals surface area contributed by atoms with Crippen LogP contribution in [0.2, 0.25) is 0 Å². The van der Waals surface area contributed by atoms with E-state index in [2.05, 4.69) is 22.5 Å². The van der Waals surface area contributed by atoms with Crippen molar-refractivity contribution in [2.75, 3.05) is 22.9 Å². The molecule has 2 aromatic carbocycles. The molecule has 1 unspecified atom stereocenters. The second-order valence-electron chi connectivity index (χ2n) is 9.70. The molecule has 6 nitrogen and oxygen atoms in total. The molecule has 0 aromatic heterocycles. The molecule has 0 aliphatic carbocycles. The van der Waals surface area contributed by atoms with Crippen molar-refractivity contribution in [3.8, 4) is 0 Å². The van der Waals surface area contributed by atoms with E-state index in [0.717, 1.165) is 59.4 Å². The number of carbonyl (C=O) groups is 2. The van der Waals surface area contributed by atoms with Crippen molar-refractivity contribution in [3.05, 3.63) is 71.4 Å². The smallest absolute Gasteiger partial charge is 0.255 e. The lowest BCUT2D eigenvalue weighted by atomic mass is 9.93. The van der Waals surface area contributed by atoms with Crippen LogP contribution in [0, 0.1) is 0 Å². The molecule has 1 saturated heterocycles. The highest BCUT2D eigenvalue weighted by atomic mass is 32.2. The molecule has 2 aromatic rings. The van der Waals surface area contributed by atoms with Crippen LogP contribution in [0.25, 0.3) is 0 Å². The summed E-state index contributed by atoms with van der Waals surface area (Å²) in [6, 6.07) is 17.2. The van der Waals surface area contributed by atoms with Crippen LogP contribution < -0.4 is 10.6 Å². The maximum atomic E-state index is 13.5. The number of hydrogen-bond donors (Lipinski definition) is 2. The molecule has 0 spiro atoms. The lowest BCUT2D eigenvalue weighted by Crippen LogP contribution is -2.43. The average molecular weight is 519 g/mol. The van der Waals surface area contributed by atoms with E-state index in [1.807, 2.05) is 61.5 Å². The number of carbonyl (C=O) groups excluding carboxylic acids is 2. The van der Waals surface area contributed by atoms with Crippen molar-refractivity contribution in [2.45, 2.75) is 71.3 Å². The summed E-state index contributed by atoms with van der Waals surface area (Å²) in [6.07, 6.45) is 8.57. The molecule has 37 heavy (non-hydrogen) atoms. The van der Waals surface area contributed by atoms with Crippen molar-refractivity contribution >= 4 is 40.1 Å². The molecule has 196 valence electrons. The summed E-state index contributed by atoms with van der Waals surface area (Å²) in [4.78, 5) is 33.0. The Morgan fingerprint density at radius 3 is 2.41 bits per heavy atom. The van der Waals surface area contributed by atoms with E-state index in [1.165, 1.54) is 25.7 Å². The Bertz CT molecular complexity index is 1130. The van der Waals surface area contributed by atoms with Crippen LogP contribution in [-0.4, -0.2) is 34.2 Å². The zero-order valence-corrected chi connectivity index (χ0v) is 22.8. The fourth-order valence-electron chi connectivity index (χ4n) is 4.86. The summed E-state index contributed by atoms with van der Waals surface area (Å²) < 4.78 is 0. The quantitative estimate of drug-likeness (QED) is 0.310. The number of fused-ring (bicyclic) bond motifs is 1. The first-order chi connectivity index (χ1) is 18.1. The Kier molecular flexibility index (Phi) is 9.83. The number of nitrogens with zero attached hydrogens (tertiary/aromatic N) is 2. The van der Waals surface area contributed by atoms with E-state index < -0.39 is 0 Å². The van der Waals surface area contributed by atoms with E-state index in [0.29, 0.717) is 12.0 Å². The molecule has 0 radical (unpaired) electrons. The molecule has 2 aliphatic heterocycles. The molecule has 1 atom stereocenters. The number of amidine groups is 1. The highest BCUT2D eigenvalue weighted by molar-refractivity contribution is 8.13. The number of hydrogen-bond acceptors (Lipinski definition) is 5. The zero-order chi connectivity index (χ0) is 26.0. The average Bonchev–Trinajstić information content (AvgIpc) is 2.91. The minimum Gasteiger partial charge on any atom is -0.340 e. The van der Waals surface area contributed by atoms with Crippen LogP contribution in [0.5, 0.6) is 0 Å². The van der Waals surface area contributed by atoms with Gasteiger partial charge in [0, 0.05) is 30.1 Å². The molecular formula is C30H38N4O2S. The number of para-hydroxylation sites is 1. The van der Waals surface area contributed by atoms with Gasteiger partial charge in [0.15, 0.2) is 5.17 Å². The lowest BCUT2D eigenvalue weighted by molar-refractivity contribution is -0.116. The number of allylic oxidation sites excluding steroid dienone is 1. The number of anilines is 2. The van der Waals surface area contributed by atoms with Crippen LogP contribution in [0.3, 0.4) is 0 Å². The van der Waals surface area contributed by atoms with Crippen LogP contribution in [-0.2, 0) is 9.59 Å². The van der Waals surface area contributed by atoms with Crippen LogP contribution in [0.4, 0.5) is 11.4 Å². The molecule has 7 heteroatoms. The highest BCUT2D eigenvalue weighted by Crippen LogP contribution is 2.40. The number of unbranched alkanes of at least 4 members (excludes halogenated alkanes) is 5. The predicted molar refractivity (Wildman–Crippen MR) is 155 cm³/mol. The molecule has 2 N–H and O–H groups in total. The molecule has 2 aliphatic rings. The third-order valence-electron chi connectivity index (χ3n) is 6.80. The van der Waals surface area contributed by atoms with Gasteiger partial charge in [-0.05, 0) is 49.6 Å². The van der Waals surface area contributed by atoms with E-state index in [1.54, 1.807) is 11.8 Å². The number of aliphatic imine (C=N–C) groups is 1. The number of nitrogens with one attached hydrogen (secondary N) is 2. The van der Waals surface area contributed by atoms with Crippen LogP contribution >= 0.6 is 11.8 Å². The number of amides is 2. The summed E-state index contributed by atoms with van der Waals surface area (Å²) in [5.74, 6) is 0.953. The van der Waals surface area contributed by atoms with E-state index in [-0.39, 0.29) is 17.9 Å². The number of thioether (sulfide) groups is 1. The molecule has 0 bridgehead atoms. The molecule has 2 amide bonds. The fourth-order valence-corrected chi connectivity index (χ4v) is 5.88. The SMILES string of the molecule is CCCCCCCCC(=O)Nc1ccc(C2C(C(=O)Nc3ccccc3)=C(C)N=C3SCCCN32)cc1. The van der Waals surface area contributed by atoms with Gasteiger partial charge in [-0.1, -0.05) is 81.1 Å². The lowest BCUT2D eigenvalue weighted by Gasteiger charge is -2.40. The number of rotatable bonds is 11. The van der Waals surface area contributed by atoms with Gasteiger partial charge in [0.2, 0.25) is 5.91 Å². The molecular weight excluding hydrogens is 480 g/mol. The van der Waals surface area contributed by atoms with Crippen molar-refractivity contribution in [3.63, 3.8) is 0 Å². The van der Waals surface area contributed by atoms with Gasteiger partial charge in [-0.3, -0.25) is 9.59 Å². The Balaban J connectivity index is 1.47. The summed E-state index contributed by atoms with van der Waals surface area (Å²) in [5, 5.41) is 7.06. The maximum absolute atomic E-state index is 13.5. The fraction of sp³-hybridized carbons (Fsp3) is 0.433. The van der Waals surface area contributed by atoms with Crippen LogP contribution in [0.15, 0.2) is 70.9 Å². The van der Waals surface area contributed by atoms with E-state index in [4.69, 9.17) is 4.99 Å². The van der Waals surface area contributed by atoms with Gasteiger partial charge in [0.1, 0.15) is 0 Å². The van der Waals surface area contributed by atoms with E-state index >= 15 is 0 Å². The first-order valence-corrected chi connectivity index (χ1v) is 14.5. The van der Waals surface area contributed by atoms with E-state index in [9.17, 15) is 9.59 Å². The largest absolute Gasteiger partial charge is 0.340 e. The van der Waals surface area contributed by atoms with Gasteiger partial charge in [0.05, 0.1) is 17.3 Å². The minimum atomic E-state index is -0.225. The van der Waals surface area contributed by atoms with Gasteiger partial charge < -0.3 is 15.5 Å². The van der Waals surface area contributed by atoms with Gasteiger partial charge in [0.25, 0.3) is 5.91 Å². The Hall–Kier alpha value is -3.06. The second kappa shape index (κ2) is 13.5. The predicted octanol–water partition coefficient (Wildman–Crippen LogP) is 7.14. The molecule has 0 saturated carbocycles. The topological polar surface area (TPSA) is 73.8 Å². The first-order valence-electron chi connectivity index (χ1n) is 13.5. The standard InChI is InChI=1S/C30H38N4O2S/c1-3-4-5-6-7-11-15-26(35)32-25-18-16-23(17-19-25)28-27(29(36)33-24-13-9-8-10-14-24)22(2)31-30-34(28)20-12-21-37-30/h8-10,13-14,16-19,28H,3-7,11-12,15,20-21H2,1-2H3,(H,32,35)(H,33,36). The van der Waals surface area contributed by atoms with Gasteiger partial charge >= 0.3 is 0 Å². The maximum Gasteiger partial charge on any atom is 0.255 e. The molecule has 1 fully saturated rings. The van der Waals surface area contributed by atoms with Crippen molar-refractivity contribution in [2.24, 2.45) is 4.99 Å². The first kappa shape index (κ1) is 27.0. The van der Waals surface area contributed by atoms with Gasteiger partial charge in [-0.2, -0.15) is 0 Å². The molecule has 4 rings (SSSR count). The van der Waals surface area contributed by atoms with Crippen molar-refractivity contribution in [1.29, 1.82) is 0 Å². The van der Waals surface area contributed by atoms with Crippen molar-refractivity contribution < 1.29 is 9.59 Å². The normalized spacial score (nSPS) is 17.2.